The Morgan fingerprint density at radius 2 is 1.86 bits per heavy atom. The van der Waals surface area contributed by atoms with Crippen LogP contribution in [-0.4, -0.2) is 25.4 Å². The number of imidazole rings is 2. The lowest BCUT2D eigenvalue weighted by atomic mass is 9.47. The molecule has 3 aromatic rings. The van der Waals surface area contributed by atoms with E-state index in [0.29, 0.717) is 23.9 Å². The summed E-state index contributed by atoms with van der Waals surface area (Å²) in [5, 5.41) is 3.25. The molecule has 7 atom stereocenters. The molecule has 1 amide bonds. The first-order valence-electron chi connectivity index (χ1n) is 14.4. The van der Waals surface area contributed by atoms with Crippen molar-refractivity contribution in [2.45, 2.75) is 77.8 Å². The average molecular weight is 498 g/mol. The lowest BCUT2D eigenvalue weighted by Crippen LogP contribution is -2.54. The molecule has 1 unspecified atom stereocenters. The number of hydrogen-bond acceptors (Lipinski definition) is 3. The highest BCUT2D eigenvalue weighted by Gasteiger charge is 2.61. The molecule has 0 radical (unpaired) electrons. The number of aromatic nitrogens is 4. The first kappa shape index (κ1) is 23.2. The molecule has 6 heteroatoms. The zero-order valence-corrected chi connectivity index (χ0v) is 22.1. The maximum Gasteiger partial charge on any atom is 0.224 e. The van der Waals surface area contributed by atoms with Gasteiger partial charge in [0.25, 0.3) is 0 Å². The molecule has 1 aromatic carbocycles. The summed E-state index contributed by atoms with van der Waals surface area (Å²) in [5.74, 6) is 4.62. The molecule has 3 saturated carbocycles. The lowest BCUT2D eigenvalue weighted by molar-refractivity contribution is -0.135. The molecule has 3 fully saturated rings. The van der Waals surface area contributed by atoms with Gasteiger partial charge < -0.3 is 14.9 Å². The van der Waals surface area contributed by atoms with Gasteiger partial charge in [0.05, 0.1) is 18.4 Å². The van der Waals surface area contributed by atoms with Crippen molar-refractivity contribution in [2.75, 3.05) is 0 Å². The predicted molar refractivity (Wildman–Crippen MR) is 143 cm³/mol. The van der Waals surface area contributed by atoms with Gasteiger partial charge >= 0.3 is 0 Å². The number of carbonyl (C=O) groups excluding carboxylic acids is 1. The van der Waals surface area contributed by atoms with E-state index in [9.17, 15) is 4.79 Å². The zero-order chi connectivity index (χ0) is 25.2. The van der Waals surface area contributed by atoms with Gasteiger partial charge in [-0.05, 0) is 79.1 Å². The van der Waals surface area contributed by atoms with E-state index in [1.807, 2.05) is 30.6 Å². The fraction of sp³-hybridized carbons (Fsp3) is 0.581. The third-order valence-corrected chi connectivity index (χ3v) is 11.3. The Kier molecular flexibility index (Phi) is 5.38. The number of rotatable bonds is 4. The monoisotopic (exact) mass is 497 g/mol. The third kappa shape index (κ3) is 3.54. The van der Waals surface area contributed by atoms with Crippen molar-refractivity contribution in [1.29, 1.82) is 0 Å². The molecule has 6 nitrogen and oxygen atoms in total. The van der Waals surface area contributed by atoms with Crippen LogP contribution in [0.1, 0.15) is 76.5 Å². The second-order valence-electron chi connectivity index (χ2n) is 12.7. The summed E-state index contributed by atoms with van der Waals surface area (Å²) in [7, 11) is 0. The Morgan fingerprint density at radius 3 is 2.73 bits per heavy atom. The molecule has 37 heavy (non-hydrogen) atoms. The summed E-state index contributed by atoms with van der Waals surface area (Å²) in [6.07, 6.45) is 15.7. The van der Waals surface area contributed by atoms with Crippen molar-refractivity contribution >= 4 is 5.91 Å². The zero-order valence-electron chi connectivity index (χ0n) is 22.1. The molecular weight excluding hydrogens is 458 g/mol. The molecule has 3 heterocycles. The van der Waals surface area contributed by atoms with Crippen LogP contribution >= 0.6 is 0 Å². The van der Waals surface area contributed by atoms with Crippen molar-refractivity contribution in [3.63, 3.8) is 0 Å². The molecular formula is C31H39N5O. The van der Waals surface area contributed by atoms with Gasteiger partial charge in [-0.25, -0.2) is 9.97 Å². The molecule has 4 aliphatic rings. The van der Waals surface area contributed by atoms with Crippen LogP contribution in [0.3, 0.4) is 0 Å². The van der Waals surface area contributed by atoms with Crippen molar-refractivity contribution in [3.8, 4) is 11.3 Å². The average Bonchev–Trinajstić information content (AvgIpc) is 3.65. The van der Waals surface area contributed by atoms with Crippen molar-refractivity contribution in [1.82, 2.24) is 24.8 Å². The summed E-state index contributed by atoms with van der Waals surface area (Å²) < 4.78 is 2.51. The van der Waals surface area contributed by atoms with Crippen LogP contribution in [0.5, 0.6) is 0 Å². The summed E-state index contributed by atoms with van der Waals surface area (Å²) in [5.41, 5.74) is 2.57. The number of H-pyrrole nitrogens is 1. The summed E-state index contributed by atoms with van der Waals surface area (Å²) in [6.45, 7) is 5.48. The molecule has 7 rings (SSSR count). The predicted octanol–water partition coefficient (Wildman–Crippen LogP) is 5.94. The highest BCUT2D eigenvalue weighted by Crippen LogP contribution is 2.67. The van der Waals surface area contributed by atoms with E-state index in [2.05, 4.69) is 57.0 Å². The fourth-order valence-electron chi connectivity index (χ4n) is 9.39. The SMILES string of the molecule is C[C@]12CC[C@H]3[C@@H](CCC4n5ccnc5CC[C@@]43C)[C@@H]1CC[C@@H]2C(=O)NCc1ncc(-c2ccccc2)[nH]1. The maximum absolute atomic E-state index is 13.6. The highest BCUT2D eigenvalue weighted by atomic mass is 16.1. The van der Waals surface area contributed by atoms with E-state index >= 15 is 0 Å². The first-order valence-corrected chi connectivity index (χ1v) is 14.4. The standard InChI is InChI=1S/C31H39N5O/c1-30-14-12-23-21(8-11-26-31(23,2)15-13-28-32-16-17-36(26)28)22(30)9-10-24(30)29(37)34-19-27-33-18-25(35-27)20-6-4-3-5-7-20/h3-7,16-18,21-24,26H,8-15,19H2,1-2H3,(H,33,35)(H,34,37)/t21-,22-,23-,24+,26?,30-,31+/m0/s1. The van der Waals surface area contributed by atoms with Crippen molar-refractivity contribution in [3.05, 3.63) is 60.6 Å². The topological polar surface area (TPSA) is 75.6 Å². The van der Waals surface area contributed by atoms with Crippen LogP contribution in [0.2, 0.25) is 0 Å². The minimum atomic E-state index is 0.110. The van der Waals surface area contributed by atoms with E-state index in [4.69, 9.17) is 0 Å². The smallest absolute Gasteiger partial charge is 0.224 e. The van der Waals surface area contributed by atoms with Crippen LogP contribution in [-0.2, 0) is 17.8 Å². The van der Waals surface area contributed by atoms with E-state index in [0.717, 1.165) is 41.8 Å². The van der Waals surface area contributed by atoms with Gasteiger partial charge in [0.1, 0.15) is 11.6 Å². The maximum atomic E-state index is 13.6. The number of aryl methyl sites for hydroxylation is 1. The third-order valence-electron chi connectivity index (χ3n) is 11.3. The van der Waals surface area contributed by atoms with E-state index in [1.165, 1.54) is 44.3 Å². The van der Waals surface area contributed by atoms with Gasteiger partial charge in [-0.3, -0.25) is 4.79 Å². The van der Waals surface area contributed by atoms with Gasteiger partial charge in [0.2, 0.25) is 5.91 Å². The molecule has 0 bridgehead atoms. The number of hydrogen-bond donors (Lipinski definition) is 2. The van der Waals surface area contributed by atoms with Crippen LogP contribution in [0.25, 0.3) is 11.3 Å². The fourth-order valence-corrected chi connectivity index (χ4v) is 9.39. The van der Waals surface area contributed by atoms with E-state index in [1.54, 1.807) is 0 Å². The minimum Gasteiger partial charge on any atom is -0.349 e. The van der Waals surface area contributed by atoms with Gasteiger partial charge in [-0.15, -0.1) is 0 Å². The van der Waals surface area contributed by atoms with Crippen LogP contribution < -0.4 is 5.32 Å². The van der Waals surface area contributed by atoms with E-state index < -0.39 is 0 Å². The Hall–Kier alpha value is -2.89. The summed E-state index contributed by atoms with van der Waals surface area (Å²) in [6, 6.07) is 10.8. The lowest BCUT2D eigenvalue weighted by Gasteiger charge is -2.60. The van der Waals surface area contributed by atoms with Crippen molar-refractivity contribution < 1.29 is 4.79 Å². The summed E-state index contributed by atoms with van der Waals surface area (Å²) >= 11 is 0. The molecule has 194 valence electrons. The molecule has 0 spiro atoms. The minimum absolute atomic E-state index is 0.110. The number of amides is 1. The van der Waals surface area contributed by atoms with Crippen LogP contribution in [0.15, 0.2) is 48.9 Å². The molecule has 3 aliphatic carbocycles. The second kappa shape index (κ2) is 8.57. The molecule has 0 saturated heterocycles. The number of fused-ring (bicyclic) bond motifs is 7. The van der Waals surface area contributed by atoms with Gasteiger partial charge in [-0.1, -0.05) is 44.2 Å². The largest absolute Gasteiger partial charge is 0.349 e. The van der Waals surface area contributed by atoms with Gasteiger partial charge in [-0.2, -0.15) is 0 Å². The Labute approximate surface area is 219 Å². The Balaban J connectivity index is 1.04. The quantitative estimate of drug-likeness (QED) is 0.469. The van der Waals surface area contributed by atoms with Gasteiger partial charge in [0.15, 0.2) is 0 Å². The highest BCUT2D eigenvalue weighted by molar-refractivity contribution is 5.80. The number of benzene rings is 1. The number of nitrogens with zero attached hydrogens (tertiary/aromatic N) is 3. The first-order chi connectivity index (χ1) is 18.0. The number of aromatic amines is 1. The molecule has 2 aromatic heterocycles. The summed E-state index contributed by atoms with van der Waals surface area (Å²) in [4.78, 5) is 26.1. The van der Waals surface area contributed by atoms with Gasteiger partial charge in [0, 0.05) is 30.8 Å². The van der Waals surface area contributed by atoms with E-state index in [-0.39, 0.29) is 17.2 Å². The number of nitrogens with one attached hydrogen (secondary N) is 2. The van der Waals surface area contributed by atoms with Crippen LogP contribution in [0.4, 0.5) is 0 Å². The number of carbonyl (C=O) groups is 1. The van der Waals surface area contributed by atoms with Crippen LogP contribution in [0, 0.1) is 34.5 Å². The Bertz CT molecular complexity index is 1300. The van der Waals surface area contributed by atoms with Crippen molar-refractivity contribution in [2.24, 2.45) is 34.5 Å². The normalized spacial score (nSPS) is 36.2. The molecule has 1 aliphatic heterocycles. The Morgan fingerprint density at radius 1 is 1.03 bits per heavy atom. The molecule has 2 N–H and O–H groups in total. The second-order valence-corrected chi connectivity index (χ2v) is 12.7.